The first kappa shape index (κ1) is 72.4. The van der Waals surface area contributed by atoms with Gasteiger partial charge in [0.1, 0.15) is 0 Å². The summed E-state index contributed by atoms with van der Waals surface area (Å²) in [6.45, 7) is 12.0. The van der Waals surface area contributed by atoms with Crippen LogP contribution in [0.2, 0.25) is 0 Å². The molecule has 3 unspecified atom stereocenters. The molecule has 9 nitrogen and oxygen atoms in total. The first-order chi connectivity index (χ1) is 32.0. The van der Waals surface area contributed by atoms with E-state index in [2.05, 4.69) is 20.8 Å². The van der Waals surface area contributed by atoms with E-state index < -0.39 is 36.2 Å². The van der Waals surface area contributed by atoms with E-state index in [0.717, 1.165) is 38.5 Å². The van der Waals surface area contributed by atoms with Crippen LogP contribution in [0.4, 0.5) is 0 Å². The Morgan fingerprint density at radius 2 is 0.388 bits per heavy atom. The summed E-state index contributed by atoms with van der Waals surface area (Å²) in [5.74, 6) is -1.85. The molecule has 0 saturated heterocycles. The normalized spacial score (nSPS) is 12.1. The molecule has 0 aromatic carbocycles. The van der Waals surface area contributed by atoms with E-state index in [1.54, 1.807) is 0 Å². The Hall–Kier alpha value is -1.18. The fourth-order valence-corrected chi connectivity index (χ4v) is 7.76. The van der Waals surface area contributed by atoms with Crippen LogP contribution in [-0.2, 0) is 28.6 Å². The minimum atomic E-state index is -1.24. The Bertz CT molecular complexity index is 843. The largest absolute Gasteiger partial charge is 3.00 e. The number of rotatable bonds is 48. The first-order valence-electron chi connectivity index (χ1n) is 28.5. The molecule has 0 amide bonds. The predicted molar refractivity (Wildman–Crippen MR) is 278 cm³/mol. The van der Waals surface area contributed by atoms with Gasteiger partial charge in [0.25, 0.3) is 17.9 Å². The third-order valence-corrected chi connectivity index (χ3v) is 12.2. The van der Waals surface area contributed by atoms with Gasteiger partial charge in [0.15, 0.2) is 0 Å². The van der Waals surface area contributed by atoms with Crippen LogP contribution in [0.5, 0.6) is 0 Å². The quantitative estimate of drug-likeness (QED) is 0.0251. The van der Waals surface area contributed by atoms with Gasteiger partial charge >= 0.3 is 17.4 Å². The third-order valence-electron chi connectivity index (χ3n) is 12.2. The minimum Gasteiger partial charge on any atom is -0.844 e. The van der Waals surface area contributed by atoms with E-state index >= 15 is 0 Å². The zero-order chi connectivity index (χ0) is 49.4. The van der Waals surface area contributed by atoms with Gasteiger partial charge < -0.3 is 29.5 Å². The van der Waals surface area contributed by atoms with Crippen LogP contribution in [0, 0.1) is 0 Å². The van der Waals surface area contributed by atoms with Gasteiger partial charge in [-0.2, -0.15) is 0 Å². The fourth-order valence-electron chi connectivity index (χ4n) is 7.76. The molecule has 67 heavy (non-hydrogen) atoms. The Labute approximate surface area is 426 Å². The molecule has 0 aromatic rings. The van der Waals surface area contributed by atoms with Crippen LogP contribution < -0.4 is 15.3 Å². The van der Waals surface area contributed by atoms with Crippen molar-refractivity contribution >= 4 is 35.3 Å². The minimum absolute atomic E-state index is 0. The maximum Gasteiger partial charge on any atom is 3.00 e. The first-order valence-corrected chi connectivity index (χ1v) is 28.5. The molecular formula is C57H111AlO9. The topological polar surface area (TPSA) is 148 Å². The smallest absolute Gasteiger partial charge is 0.844 e. The molecule has 0 aliphatic heterocycles. The average Bonchev–Trinajstić information content (AvgIpc) is 3.30. The van der Waals surface area contributed by atoms with E-state index in [0.29, 0.717) is 19.8 Å². The van der Waals surface area contributed by atoms with Crippen LogP contribution in [0.3, 0.4) is 0 Å². The Morgan fingerprint density at radius 1 is 0.269 bits per heavy atom. The second-order valence-electron chi connectivity index (χ2n) is 19.2. The molecule has 0 rings (SSSR count). The maximum atomic E-state index is 10.9. The van der Waals surface area contributed by atoms with Gasteiger partial charge in [-0.25, -0.2) is 0 Å². The molecule has 0 heterocycles. The molecule has 0 aromatic heterocycles. The standard InChI is InChI=1S/3C19H37O3.Al/c3*1-3-4-5-6-7-8-9-10-11-12-13-14-15-16-17-22-19(21)18(2)20;/h3*18H,3-17H2,1-2H3;/q3*-1;+3. The van der Waals surface area contributed by atoms with Crippen LogP contribution in [0.1, 0.15) is 311 Å². The number of ether oxygens (including phenoxy) is 3. The van der Waals surface area contributed by atoms with Crippen molar-refractivity contribution in [1.82, 2.24) is 0 Å². The fraction of sp³-hybridized carbons (Fsp3) is 0.947. The molecule has 0 fully saturated rings. The van der Waals surface area contributed by atoms with Crippen molar-refractivity contribution in [2.24, 2.45) is 0 Å². The third kappa shape index (κ3) is 66.9. The van der Waals surface area contributed by atoms with E-state index in [4.69, 9.17) is 14.2 Å². The van der Waals surface area contributed by atoms with Gasteiger partial charge in [-0.1, -0.05) is 292 Å². The van der Waals surface area contributed by atoms with Gasteiger partial charge in [0, 0.05) is 0 Å². The van der Waals surface area contributed by atoms with Crippen molar-refractivity contribution < 1.29 is 43.9 Å². The summed E-state index contributed by atoms with van der Waals surface area (Å²) in [7, 11) is 0. The van der Waals surface area contributed by atoms with E-state index in [9.17, 15) is 29.7 Å². The summed E-state index contributed by atoms with van der Waals surface area (Å²) < 4.78 is 14.6. The number of carbonyl (C=O) groups is 3. The zero-order valence-corrected chi connectivity index (χ0v) is 46.5. The molecule has 0 saturated carbocycles. The zero-order valence-electron chi connectivity index (χ0n) is 45.3. The van der Waals surface area contributed by atoms with Crippen molar-refractivity contribution in [3.05, 3.63) is 0 Å². The van der Waals surface area contributed by atoms with Crippen LogP contribution in [0.15, 0.2) is 0 Å². The van der Waals surface area contributed by atoms with Crippen LogP contribution in [0.25, 0.3) is 0 Å². The summed E-state index contributed by atoms with van der Waals surface area (Å²) in [5.41, 5.74) is 0. The van der Waals surface area contributed by atoms with Gasteiger partial charge in [0.2, 0.25) is 0 Å². The number of carbonyl (C=O) groups excluding carboxylic acids is 3. The molecular weight excluding hydrogens is 856 g/mol. The van der Waals surface area contributed by atoms with Crippen molar-refractivity contribution in [1.29, 1.82) is 0 Å². The van der Waals surface area contributed by atoms with Crippen molar-refractivity contribution in [2.45, 2.75) is 330 Å². The maximum absolute atomic E-state index is 10.9. The molecule has 0 N–H and O–H groups in total. The summed E-state index contributed by atoms with van der Waals surface area (Å²) >= 11 is 0. The van der Waals surface area contributed by atoms with Gasteiger partial charge in [-0.05, 0) is 37.6 Å². The summed E-state index contributed by atoms with van der Waals surface area (Å²) in [4.78, 5) is 32.8. The van der Waals surface area contributed by atoms with Crippen LogP contribution in [-0.4, -0.2) is 73.4 Å². The SMILES string of the molecule is CCCCCCCCCCCCCCCCOC(=O)C(C)[O-].CCCCCCCCCCCCCCCCOC(=O)C(C)[O-].CCCCCCCCCCCCCCCCOC(=O)C(C)[O-].[Al+3]. The Kier molecular flexibility index (Phi) is 67.9. The van der Waals surface area contributed by atoms with Crippen LogP contribution >= 0.6 is 0 Å². The monoisotopic (exact) mass is 967 g/mol. The van der Waals surface area contributed by atoms with Gasteiger partial charge in [-0.3, -0.25) is 14.4 Å². The van der Waals surface area contributed by atoms with E-state index in [1.807, 2.05) is 0 Å². The average molecular weight is 967 g/mol. The molecule has 10 heteroatoms. The van der Waals surface area contributed by atoms with Crippen molar-refractivity contribution in [3.8, 4) is 0 Å². The molecule has 0 aliphatic carbocycles. The molecule has 0 spiro atoms. The molecule has 0 radical (unpaired) electrons. The van der Waals surface area contributed by atoms with Gasteiger partial charge in [-0.15, -0.1) is 0 Å². The second-order valence-corrected chi connectivity index (χ2v) is 19.2. The summed E-state index contributed by atoms with van der Waals surface area (Å²) in [5, 5.41) is 32.2. The molecule has 396 valence electrons. The summed E-state index contributed by atoms with van der Waals surface area (Å²) in [6.07, 6.45) is 51.3. The van der Waals surface area contributed by atoms with Gasteiger partial charge in [0.05, 0.1) is 19.8 Å². The number of unbranched alkanes of at least 4 members (excludes halogenated alkanes) is 39. The Balaban J connectivity index is -0.000000441. The van der Waals surface area contributed by atoms with E-state index in [-0.39, 0.29) is 17.4 Å². The number of esters is 3. The predicted octanol–water partition coefficient (Wildman–Crippen LogP) is 13.9. The van der Waals surface area contributed by atoms with E-state index in [1.165, 1.54) is 252 Å². The second kappa shape index (κ2) is 62.8. The van der Waals surface area contributed by atoms with Crippen molar-refractivity contribution in [2.75, 3.05) is 19.8 Å². The molecule has 0 aliphatic rings. The molecule has 0 bridgehead atoms. The summed E-state index contributed by atoms with van der Waals surface area (Å²) in [6, 6.07) is 0. The van der Waals surface area contributed by atoms with Crippen molar-refractivity contribution in [3.63, 3.8) is 0 Å². The molecule has 3 atom stereocenters. The number of hydrogen-bond acceptors (Lipinski definition) is 9. The Morgan fingerprint density at radius 3 is 0.507 bits per heavy atom. The number of hydrogen-bond donors (Lipinski definition) is 0.